The quantitative estimate of drug-likeness (QED) is 0.634. The van der Waals surface area contributed by atoms with Gasteiger partial charge in [-0.2, -0.15) is 5.10 Å². The number of H-pyrrole nitrogens is 1. The van der Waals surface area contributed by atoms with E-state index in [9.17, 15) is 13.5 Å². The van der Waals surface area contributed by atoms with Crippen LogP contribution < -0.4 is 4.72 Å². The van der Waals surface area contributed by atoms with Crippen LogP contribution in [0, 0.1) is 6.92 Å². The molecule has 1 unspecified atom stereocenters. The van der Waals surface area contributed by atoms with E-state index in [0.29, 0.717) is 24.4 Å². The number of aliphatic hydroxyl groups excluding tert-OH is 1. The smallest absolute Gasteiger partial charge is 0.260 e. The van der Waals surface area contributed by atoms with E-state index in [1.54, 1.807) is 6.92 Å². The molecule has 0 bridgehead atoms. The molecule has 21 heavy (non-hydrogen) atoms. The Morgan fingerprint density at radius 2 is 2.33 bits per heavy atom. The van der Waals surface area contributed by atoms with E-state index in [4.69, 9.17) is 4.74 Å². The maximum atomic E-state index is 12.2. The molecule has 1 aliphatic rings. The Morgan fingerprint density at radius 1 is 1.57 bits per heavy atom. The molecule has 0 aromatic carbocycles. The number of hydrogen-bond donors (Lipinski definition) is 3. The third kappa shape index (κ3) is 3.80. The zero-order chi connectivity index (χ0) is 15.5. The van der Waals surface area contributed by atoms with Crippen LogP contribution in [0.2, 0.25) is 0 Å². The average molecular weight is 318 g/mol. The van der Waals surface area contributed by atoms with Crippen molar-refractivity contribution in [1.82, 2.24) is 19.8 Å². The summed E-state index contributed by atoms with van der Waals surface area (Å²) in [5, 5.41) is 15.5. The third-order valence-electron chi connectivity index (χ3n) is 3.62. The van der Waals surface area contributed by atoms with Crippen LogP contribution in [0.3, 0.4) is 0 Å². The number of aliphatic hydroxyl groups is 1. The molecule has 3 N–H and O–H groups in total. The molecule has 0 amide bonds. The van der Waals surface area contributed by atoms with Crippen molar-refractivity contribution in [2.24, 2.45) is 0 Å². The average Bonchev–Trinajstić information content (AvgIpc) is 2.87. The van der Waals surface area contributed by atoms with Crippen molar-refractivity contribution in [1.29, 1.82) is 0 Å². The Kier molecular flexibility index (Phi) is 5.33. The molecule has 1 fully saturated rings. The Bertz CT molecular complexity index is 572. The van der Waals surface area contributed by atoms with Crippen molar-refractivity contribution in [3.63, 3.8) is 0 Å². The topological polar surface area (TPSA) is 108 Å². The van der Waals surface area contributed by atoms with Crippen LogP contribution in [-0.4, -0.2) is 67.5 Å². The first kappa shape index (κ1) is 16.4. The maximum Gasteiger partial charge on any atom is 0.260 e. The van der Waals surface area contributed by atoms with Gasteiger partial charge in [0.05, 0.1) is 19.3 Å². The van der Waals surface area contributed by atoms with Crippen LogP contribution in [-0.2, 0) is 21.4 Å². The fourth-order valence-corrected chi connectivity index (χ4v) is 3.55. The zero-order valence-electron chi connectivity index (χ0n) is 12.3. The molecule has 1 aliphatic heterocycles. The van der Waals surface area contributed by atoms with E-state index >= 15 is 0 Å². The lowest BCUT2D eigenvalue weighted by atomic mass is 10.3. The number of aryl methyl sites for hydroxylation is 1. The molecule has 0 radical (unpaired) electrons. The Hall–Kier alpha value is -1.00. The number of aromatic nitrogens is 2. The van der Waals surface area contributed by atoms with Crippen molar-refractivity contribution in [3.05, 3.63) is 11.3 Å². The first-order valence-corrected chi connectivity index (χ1v) is 8.44. The van der Waals surface area contributed by atoms with Crippen LogP contribution in [0.1, 0.15) is 18.2 Å². The van der Waals surface area contributed by atoms with E-state index in [1.807, 2.05) is 0 Å². The molecule has 120 valence electrons. The van der Waals surface area contributed by atoms with Gasteiger partial charge in [0.25, 0.3) is 10.0 Å². The van der Waals surface area contributed by atoms with Crippen LogP contribution >= 0.6 is 0 Å². The van der Waals surface area contributed by atoms with E-state index in [0.717, 1.165) is 13.1 Å². The van der Waals surface area contributed by atoms with E-state index in [2.05, 4.69) is 26.7 Å². The van der Waals surface area contributed by atoms with E-state index in [1.165, 1.54) is 0 Å². The van der Waals surface area contributed by atoms with Crippen molar-refractivity contribution in [2.75, 3.05) is 32.8 Å². The number of ether oxygens (including phenoxy) is 1. The third-order valence-corrected chi connectivity index (χ3v) is 5.01. The lowest BCUT2D eigenvalue weighted by Gasteiger charge is -2.32. The molecule has 0 spiro atoms. The van der Waals surface area contributed by atoms with Gasteiger partial charge in [-0.1, -0.05) is 6.92 Å². The van der Waals surface area contributed by atoms with Gasteiger partial charge in [-0.15, -0.1) is 0 Å². The number of morpholine rings is 1. The summed E-state index contributed by atoms with van der Waals surface area (Å²) in [4.78, 5) is 2.21. The van der Waals surface area contributed by atoms with Gasteiger partial charge in [0.1, 0.15) is 0 Å². The predicted octanol–water partition coefficient (Wildman–Crippen LogP) is -0.791. The number of likely N-dealkylation sites (N-methyl/N-ethyl adjacent to an activating group) is 1. The molecule has 1 aromatic heterocycles. The van der Waals surface area contributed by atoms with Crippen molar-refractivity contribution >= 4 is 10.0 Å². The standard InChI is InChI=1S/C12H22N4O4S/c1-3-16-4-5-20-10(7-16)6-13-21(18,19)12-11(8-17)9(2)14-15-12/h10,13,17H,3-8H2,1-2H3,(H,14,15). The lowest BCUT2D eigenvalue weighted by molar-refractivity contribution is -0.0229. The normalized spacial score (nSPS) is 20.8. The van der Waals surface area contributed by atoms with Gasteiger partial charge in [0.15, 0.2) is 5.03 Å². The predicted molar refractivity (Wildman–Crippen MR) is 76.3 cm³/mol. The molecule has 1 aromatic rings. The highest BCUT2D eigenvalue weighted by atomic mass is 32.2. The van der Waals surface area contributed by atoms with E-state index < -0.39 is 10.0 Å². The molecule has 0 aliphatic carbocycles. The van der Waals surface area contributed by atoms with Gasteiger partial charge >= 0.3 is 0 Å². The number of hydrogen-bond acceptors (Lipinski definition) is 6. The molecule has 9 heteroatoms. The first-order valence-electron chi connectivity index (χ1n) is 6.96. The van der Waals surface area contributed by atoms with Crippen LogP contribution in [0.25, 0.3) is 0 Å². The van der Waals surface area contributed by atoms with Crippen LogP contribution in [0.15, 0.2) is 5.03 Å². The molecule has 1 saturated heterocycles. The van der Waals surface area contributed by atoms with Gasteiger partial charge in [-0.05, 0) is 13.5 Å². The van der Waals surface area contributed by atoms with Crippen LogP contribution in [0.5, 0.6) is 0 Å². The summed E-state index contributed by atoms with van der Waals surface area (Å²) in [7, 11) is -3.76. The van der Waals surface area contributed by atoms with Gasteiger partial charge < -0.3 is 9.84 Å². The highest BCUT2D eigenvalue weighted by Gasteiger charge is 2.26. The summed E-state index contributed by atoms with van der Waals surface area (Å²) in [6.45, 7) is 6.63. The van der Waals surface area contributed by atoms with Crippen molar-refractivity contribution in [2.45, 2.75) is 31.6 Å². The summed E-state index contributed by atoms with van der Waals surface area (Å²) < 4.78 is 32.6. The van der Waals surface area contributed by atoms with Crippen molar-refractivity contribution in [3.8, 4) is 0 Å². The van der Waals surface area contributed by atoms with Gasteiger partial charge in [-0.3, -0.25) is 10.00 Å². The second-order valence-electron chi connectivity index (χ2n) is 5.03. The molecule has 0 saturated carbocycles. The SMILES string of the molecule is CCN1CCOC(CNS(=O)(=O)c2n[nH]c(C)c2CO)C1. The minimum atomic E-state index is -3.76. The minimum absolute atomic E-state index is 0.148. The van der Waals surface area contributed by atoms with Gasteiger partial charge in [0.2, 0.25) is 0 Å². The highest BCUT2D eigenvalue weighted by Crippen LogP contribution is 2.16. The van der Waals surface area contributed by atoms with Gasteiger partial charge in [0, 0.05) is 30.9 Å². The second kappa shape index (κ2) is 6.84. The molecular weight excluding hydrogens is 296 g/mol. The summed E-state index contributed by atoms with van der Waals surface area (Å²) in [6, 6.07) is 0. The Balaban J connectivity index is 2.01. The zero-order valence-corrected chi connectivity index (χ0v) is 13.1. The summed E-state index contributed by atoms with van der Waals surface area (Å²) in [6.07, 6.45) is -0.175. The van der Waals surface area contributed by atoms with E-state index in [-0.39, 0.29) is 24.3 Å². The molecule has 2 heterocycles. The first-order chi connectivity index (χ1) is 9.97. The van der Waals surface area contributed by atoms with Crippen LogP contribution in [0.4, 0.5) is 0 Å². The largest absolute Gasteiger partial charge is 0.392 e. The number of nitrogens with zero attached hydrogens (tertiary/aromatic N) is 2. The maximum absolute atomic E-state index is 12.2. The number of aromatic amines is 1. The fourth-order valence-electron chi connectivity index (χ4n) is 2.30. The number of nitrogens with one attached hydrogen (secondary N) is 2. The van der Waals surface area contributed by atoms with Gasteiger partial charge in [-0.25, -0.2) is 13.1 Å². The molecular formula is C12H22N4O4S. The Morgan fingerprint density at radius 3 is 3.00 bits per heavy atom. The summed E-state index contributed by atoms with van der Waals surface area (Å²) in [5.74, 6) is 0. The minimum Gasteiger partial charge on any atom is -0.392 e. The summed E-state index contributed by atoms with van der Waals surface area (Å²) in [5.41, 5.74) is 0.839. The fraction of sp³-hybridized carbons (Fsp3) is 0.750. The highest BCUT2D eigenvalue weighted by molar-refractivity contribution is 7.89. The summed E-state index contributed by atoms with van der Waals surface area (Å²) >= 11 is 0. The molecule has 8 nitrogen and oxygen atoms in total. The monoisotopic (exact) mass is 318 g/mol. The number of rotatable bonds is 6. The second-order valence-corrected chi connectivity index (χ2v) is 6.71. The lowest BCUT2D eigenvalue weighted by Crippen LogP contribution is -2.47. The molecule has 1 atom stereocenters. The Labute approximate surface area is 124 Å². The molecule has 2 rings (SSSR count). The number of sulfonamides is 1. The van der Waals surface area contributed by atoms with Crippen molar-refractivity contribution < 1.29 is 18.3 Å².